The molecule has 1 atom stereocenters. The number of nitrogens with one attached hydrogen (secondary N) is 1. The molecule has 2 fully saturated rings. The average molecular weight is 97.1 g/mol. The smallest absolute Gasteiger partial charge is 0.0950 e. The van der Waals surface area contributed by atoms with Crippen LogP contribution in [0, 0.1) is 18.6 Å². The SMILES string of the molecule is [CH]1NCC12[CH]OC2. The Balaban J connectivity index is 2.00. The number of hydrogen-bond acceptors (Lipinski definition) is 2. The highest BCUT2D eigenvalue weighted by atomic mass is 16.5. The van der Waals surface area contributed by atoms with Crippen LogP contribution in [0.3, 0.4) is 0 Å². The van der Waals surface area contributed by atoms with E-state index in [4.69, 9.17) is 4.74 Å². The standard InChI is InChI=1S/C5H7NO/c1-5(2-6-1)3-7-4-5/h1,3,6H,2,4H2. The van der Waals surface area contributed by atoms with Gasteiger partial charge in [-0.25, -0.2) is 0 Å². The number of ether oxygens (including phenoxy) is 1. The van der Waals surface area contributed by atoms with Crippen LogP contribution < -0.4 is 5.32 Å². The molecule has 0 bridgehead atoms. The van der Waals surface area contributed by atoms with Gasteiger partial charge < -0.3 is 10.1 Å². The van der Waals surface area contributed by atoms with Gasteiger partial charge in [-0.15, -0.1) is 0 Å². The van der Waals surface area contributed by atoms with Gasteiger partial charge in [-0.05, 0) is 0 Å². The van der Waals surface area contributed by atoms with E-state index in [2.05, 4.69) is 11.9 Å². The first-order chi connectivity index (χ1) is 3.41. The molecule has 7 heavy (non-hydrogen) atoms. The molecule has 2 saturated heterocycles. The van der Waals surface area contributed by atoms with Gasteiger partial charge in [0.2, 0.25) is 0 Å². The number of hydrogen-bond donors (Lipinski definition) is 1. The van der Waals surface area contributed by atoms with Crippen molar-refractivity contribution >= 4 is 0 Å². The molecule has 0 saturated carbocycles. The largest absolute Gasteiger partial charge is 0.374 e. The summed E-state index contributed by atoms with van der Waals surface area (Å²) in [5.41, 5.74) is 0.361. The quantitative estimate of drug-likeness (QED) is 0.457. The summed E-state index contributed by atoms with van der Waals surface area (Å²) in [4.78, 5) is 0. The van der Waals surface area contributed by atoms with E-state index in [1.54, 1.807) is 0 Å². The van der Waals surface area contributed by atoms with Gasteiger partial charge in [-0.1, -0.05) is 0 Å². The molecule has 2 aliphatic rings. The van der Waals surface area contributed by atoms with Crippen LogP contribution in [0.15, 0.2) is 0 Å². The van der Waals surface area contributed by atoms with E-state index in [9.17, 15) is 0 Å². The third kappa shape index (κ3) is 0.359. The van der Waals surface area contributed by atoms with Crippen LogP contribution in [0.25, 0.3) is 0 Å². The fraction of sp³-hybridized carbons (Fsp3) is 0.600. The van der Waals surface area contributed by atoms with Crippen LogP contribution >= 0.6 is 0 Å². The van der Waals surface area contributed by atoms with Gasteiger partial charge in [-0.2, -0.15) is 0 Å². The molecule has 0 aliphatic carbocycles. The summed E-state index contributed by atoms with van der Waals surface area (Å²) in [6.45, 7) is 5.94. The third-order valence-corrected chi connectivity index (χ3v) is 1.49. The van der Waals surface area contributed by atoms with Crippen molar-refractivity contribution in [2.45, 2.75) is 0 Å². The minimum atomic E-state index is 0.361. The molecule has 2 heteroatoms. The zero-order valence-corrected chi connectivity index (χ0v) is 3.98. The molecule has 2 radical (unpaired) electrons. The normalized spacial score (nSPS) is 34.3. The second-order valence-corrected chi connectivity index (χ2v) is 2.19. The molecule has 0 aromatic carbocycles. The predicted octanol–water partition coefficient (Wildman–Crippen LogP) is -0.0702. The Bertz CT molecular complexity index is 68.6. The van der Waals surface area contributed by atoms with E-state index in [1.165, 1.54) is 0 Å². The first-order valence-electron chi connectivity index (χ1n) is 2.45. The van der Waals surface area contributed by atoms with E-state index in [1.807, 2.05) is 6.61 Å². The van der Waals surface area contributed by atoms with E-state index in [0.717, 1.165) is 13.2 Å². The van der Waals surface area contributed by atoms with Crippen LogP contribution in [-0.4, -0.2) is 13.2 Å². The van der Waals surface area contributed by atoms with Gasteiger partial charge in [0.05, 0.1) is 18.6 Å². The Morgan fingerprint density at radius 2 is 2.43 bits per heavy atom. The highest BCUT2D eigenvalue weighted by Gasteiger charge is 2.44. The Labute approximate surface area is 42.9 Å². The van der Waals surface area contributed by atoms with Crippen molar-refractivity contribution in [2.75, 3.05) is 13.2 Å². The first kappa shape index (κ1) is 3.87. The van der Waals surface area contributed by atoms with Gasteiger partial charge >= 0.3 is 0 Å². The Morgan fingerprint density at radius 1 is 1.71 bits per heavy atom. The lowest BCUT2D eigenvalue weighted by Crippen LogP contribution is -2.57. The van der Waals surface area contributed by atoms with Crippen molar-refractivity contribution in [3.8, 4) is 0 Å². The van der Waals surface area contributed by atoms with Gasteiger partial charge in [0.15, 0.2) is 0 Å². The lowest BCUT2D eigenvalue weighted by atomic mass is 9.80. The van der Waals surface area contributed by atoms with E-state index >= 15 is 0 Å². The van der Waals surface area contributed by atoms with Gasteiger partial charge in [-0.3, -0.25) is 0 Å². The van der Waals surface area contributed by atoms with Gasteiger partial charge in [0.25, 0.3) is 0 Å². The Hall–Kier alpha value is -0.0800. The minimum Gasteiger partial charge on any atom is -0.374 e. The van der Waals surface area contributed by atoms with Crippen molar-refractivity contribution in [3.63, 3.8) is 0 Å². The zero-order chi connectivity index (χ0) is 4.74. The zero-order valence-electron chi connectivity index (χ0n) is 3.98. The molecular formula is C5H7NO. The molecule has 1 spiro atoms. The Morgan fingerprint density at radius 3 is 2.43 bits per heavy atom. The molecule has 2 rings (SSSR count). The summed E-state index contributed by atoms with van der Waals surface area (Å²) in [6.07, 6.45) is 0. The average Bonchev–Trinajstić information content (AvgIpc) is 1.20. The van der Waals surface area contributed by atoms with Crippen LogP contribution in [0.5, 0.6) is 0 Å². The summed E-state index contributed by atoms with van der Waals surface area (Å²) in [5, 5.41) is 3.07. The molecule has 1 N–H and O–H groups in total. The molecule has 2 nitrogen and oxygen atoms in total. The molecule has 2 aliphatic heterocycles. The minimum absolute atomic E-state index is 0.361. The Kier molecular flexibility index (Phi) is 0.557. The summed E-state index contributed by atoms with van der Waals surface area (Å²) in [6, 6.07) is 0. The van der Waals surface area contributed by atoms with E-state index < -0.39 is 0 Å². The fourth-order valence-corrected chi connectivity index (χ4v) is 0.830. The van der Waals surface area contributed by atoms with Crippen molar-refractivity contribution in [1.29, 1.82) is 0 Å². The first-order valence-corrected chi connectivity index (χ1v) is 2.45. The second kappa shape index (κ2) is 1.01. The molecule has 1 unspecified atom stereocenters. The topological polar surface area (TPSA) is 21.3 Å². The highest BCUT2D eigenvalue weighted by Crippen LogP contribution is 2.38. The second-order valence-electron chi connectivity index (χ2n) is 2.19. The summed E-state index contributed by atoms with van der Waals surface area (Å²) >= 11 is 0. The molecule has 2 heterocycles. The van der Waals surface area contributed by atoms with Gasteiger partial charge in [0.1, 0.15) is 0 Å². The molecule has 0 aromatic rings. The molecular weight excluding hydrogens is 90.1 g/mol. The van der Waals surface area contributed by atoms with Crippen LogP contribution in [0.4, 0.5) is 0 Å². The summed E-state index contributed by atoms with van der Waals surface area (Å²) in [7, 11) is 0. The lowest BCUT2D eigenvalue weighted by Gasteiger charge is -2.47. The maximum atomic E-state index is 4.88. The van der Waals surface area contributed by atoms with Crippen molar-refractivity contribution in [2.24, 2.45) is 5.41 Å². The van der Waals surface area contributed by atoms with Gasteiger partial charge in [0, 0.05) is 13.1 Å². The van der Waals surface area contributed by atoms with Crippen molar-refractivity contribution in [3.05, 3.63) is 13.2 Å². The van der Waals surface area contributed by atoms with Crippen molar-refractivity contribution in [1.82, 2.24) is 5.32 Å². The third-order valence-electron chi connectivity index (χ3n) is 1.49. The van der Waals surface area contributed by atoms with E-state index in [0.29, 0.717) is 5.41 Å². The molecule has 38 valence electrons. The molecule has 0 amide bonds. The highest BCUT2D eigenvalue weighted by molar-refractivity contribution is 5.12. The monoisotopic (exact) mass is 97.1 g/mol. The number of rotatable bonds is 0. The van der Waals surface area contributed by atoms with Crippen LogP contribution in [0.2, 0.25) is 0 Å². The van der Waals surface area contributed by atoms with E-state index in [-0.39, 0.29) is 0 Å². The predicted molar refractivity (Wildman–Crippen MR) is 25.0 cm³/mol. The fourth-order valence-electron chi connectivity index (χ4n) is 0.830. The maximum Gasteiger partial charge on any atom is 0.0950 e. The van der Waals surface area contributed by atoms with Crippen LogP contribution in [0.1, 0.15) is 0 Å². The van der Waals surface area contributed by atoms with Crippen molar-refractivity contribution < 1.29 is 4.74 Å². The molecule has 0 aromatic heterocycles. The lowest BCUT2D eigenvalue weighted by molar-refractivity contribution is -0.0565. The van der Waals surface area contributed by atoms with Crippen LogP contribution in [-0.2, 0) is 4.74 Å². The summed E-state index contributed by atoms with van der Waals surface area (Å²) in [5.74, 6) is 0. The summed E-state index contributed by atoms with van der Waals surface area (Å²) < 4.78 is 4.88. The maximum absolute atomic E-state index is 4.88.